The number of hydrogen-bond donors (Lipinski definition) is 0. The van der Waals surface area contributed by atoms with Crippen LogP contribution in [0.5, 0.6) is 0 Å². The molecular weight excluding hydrogens is 424 g/mol. The van der Waals surface area contributed by atoms with E-state index in [0.29, 0.717) is 43.5 Å². The van der Waals surface area contributed by atoms with Crippen LogP contribution < -0.4 is 0 Å². The van der Waals surface area contributed by atoms with Gasteiger partial charge in [0.2, 0.25) is 21.7 Å². The van der Waals surface area contributed by atoms with Gasteiger partial charge >= 0.3 is 0 Å². The van der Waals surface area contributed by atoms with Gasteiger partial charge in [-0.15, -0.1) is 11.3 Å². The van der Waals surface area contributed by atoms with Gasteiger partial charge in [0.25, 0.3) is 5.91 Å². The number of nitrogens with zero attached hydrogens (tertiary/aromatic N) is 4. The Morgan fingerprint density at radius 1 is 1.10 bits per heavy atom. The number of benzene rings is 1. The molecule has 0 bridgehead atoms. The fraction of sp³-hybridized carbons (Fsp3) is 0.350. The summed E-state index contributed by atoms with van der Waals surface area (Å²) in [6.45, 7) is 2.11. The zero-order valence-electron chi connectivity index (χ0n) is 16.1. The second kappa shape index (κ2) is 7.60. The monoisotopic (exact) mass is 444 g/mol. The molecule has 2 aliphatic heterocycles. The highest BCUT2D eigenvalue weighted by Crippen LogP contribution is 2.30. The number of rotatable bonds is 5. The van der Waals surface area contributed by atoms with Crippen LogP contribution in [-0.4, -0.2) is 59.8 Å². The van der Waals surface area contributed by atoms with Gasteiger partial charge in [-0.1, -0.05) is 11.2 Å². The lowest BCUT2D eigenvalue weighted by molar-refractivity contribution is 0.0569. The molecular formula is C20H20N4O4S2. The first-order valence-electron chi connectivity index (χ1n) is 9.79. The summed E-state index contributed by atoms with van der Waals surface area (Å²) in [4.78, 5) is 20.0. The zero-order valence-corrected chi connectivity index (χ0v) is 17.7. The van der Waals surface area contributed by atoms with Crippen LogP contribution in [0.2, 0.25) is 0 Å². The topological polar surface area (TPSA) is 96.6 Å². The third kappa shape index (κ3) is 3.44. The molecule has 0 aliphatic carbocycles. The molecule has 2 saturated heterocycles. The van der Waals surface area contributed by atoms with E-state index in [9.17, 15) is 13.2 Å². The molecule has 0 spiro atoms. The van der Waals surface area contributed by atoms with E-state index in [4.69, 9.17) is 4.52 Å². The maximum Gasteiger partial charge on any atom is 0.253 e. The Bertz CT molecular complexity index is 1140. The highest BCUT2D eigenvalue weighted by molar-refractivity contribution is 7.89. The van der Waals surface area contributed by atoms with Gasteiger partial charge in [-0.25, -0.2) is 8.42 Å². The molecule has 0 atom stereocenters. The van der Waals surface area contributed by atoms with Crippen LogP contribution >= 0.6 is 11.3 Å². The summed E-state index contributed by atoms with van der Waals surface area (Å²) in [5.74, 6) is 0.994. The highest BCUT2D eigenvalue weighted by Gasteiger charge is 2.36. The predicted molar refractivity (Wildman–Crippen MR) is 111 cm³/mol. The van der Waals surface area contributed by atoms with Gasteiger partial charge in [-0.2, -0.15) is 9.29 Å². The van der Waals surface area contributed by atoms with E-state index < -0.39 is 10.0 Å². The maximum atomic E-state index is 12.7. The van der Waals surface area contributed by atoms with E-state index in [0.717, 1.165) is 17.7 Å². The molecule has 5 rings (SSSR count). The molecule has 1 amide bonds. The molecule has 156 valence electrons. The fourth-order valence-electron chi connectivity index (χ4n) is 3.74. The van der Waals surface area contributed by atoms with Crippen LogP contribution in [0.4, 0.5) is 0 Å². The second-order valence-electron chi connectivity index (χ2n) is 7.48. The average Bonchev–Trinajstić information content (AvgIpc) is 3.49. The smallest absolute Gasteiger partial charge is 0.253 e. The van der Waals surface area contributed by atoms with Crippen molar-refractivity contribution in [2.45, 2.75) is 23.7 Å². The number of amides is 1. The van der Waals surface area contributed by atoms with Gasteiger partial charge < -0.3 is 9.42 Å². The number of thiophene rings is 1. The van der Waals surface area contributed by atoms with Crippen LogP contribution in [-0.2, 0) is 10.0 Å². The lowest BCUT2D eigenvalue weighted by atomic mass is 9.99. The van der Waals surface area contributed by atoms with Crippen molar-refractivity contribution in [3.63, 3.8) is 0 Å². The highest BCUT2D eigenvalue weighted by atomic mass is 32.2. The second-order valence-corrected chi connectivity index (χ2v) is 10.4. The van der Waals surface area contributed by atoms with Crippen molar-refractivity contribution in [3.8, 4) is 10.7 Å². The molecule has 3 aromatic rings. The minimum atomic E-state index is -3.47. The number of aromatic nitrogens is 2. The van der Waals surface area contributed by atoms with Crippen LogP contribution in [0.3, 0.4) is 0 Å². The van der Waals surface area contributed by atoms with Gasteiger partial charge in [0, 0.05) is 31.7 Å². The van der Waals surface area contributed by atoms with Crippen molar-refractivity contribution in [2.75, 3.05) is 26.2 Å². The maximum absolute atomic E-state index is 12.7. The molecule has 30 heavy (non-hydrogen) atoms. The third-order valence-electron chi connectivity index (χ3n) is 5.51. The van der Waals surface area contributed by atoms with Gasteiger partial charge in [0.1, 0.15) is 0 Å². The summed E-state index contributed by atoms with van der Waals surface area (Å²) < 4.78 is 32.1. The lowest BCUT2D eigenvalue weighted by Crippen LogP contribution is -2.48. The average molecular weight is 445 g/mol. The Hall–Kier alpha value is -2.56. The molecule has 0 saturated carbocycles. The first-order valence-corrected chi connectivity index (χ1v) is 12.1. The summed E-state index contributed by atoms with van der Waals surface area (Å²) >= 11 is 1.54. The molecule has 4 heterocycles. The molecule has 2 fully saturated rings. The van der Waals surface area contributed by atoms with Crippen LogP contribution in [0.25, 0.3) is 10.7 Å². The SMILES string of the molecule is O=C(c1ccc(S(=O)(=O)N2CCCC2)cc1)N1CC(c2nc(-c3cccs3)no2)C1. The summed E-state index contributed by atoms with van der Waals surface area (Å²) in [6.07, 6.45) is 1.78. The number of likely N-dealkylation sites (tertiary alicyclic amines) is 1. The molecule has 2 aromatic heterocycles. The van der Waals surface area contributed by atoms with Crippen molar-refractivity contribution in [2.24, 2.45) is 0 Å². The Morgan fingerprint density at radius 3 is 2.50 bits per heavy atom. The quantitative estimate of drug-likeness (QED) is 0.600. The number of sulfonamides is 1. The number of hydrogen-bond acceptors (Lipinski definition) is 7. The van der Waals surface area contributed by atoms with Crippen molar-refractivity contribution >= 4 is 27.3 Å². The Kier molecular flexibility index (Phi) is 4.92. The van der Waals surface area contributed by atoms with Crippen molar-refractivity contribution in [1.82, 2.24) is 19.3 Å². The Balaban J connectivity index is 1.22. The first kappa shape index (κ1) is 19.4. The van der Waals surface area contributed by atoms with Crippen LogP contribution in [0.1, 0.15) is 35.0 Å². The predicted octanol–water partition coefficient (Wildman–Crippen LogP) is 2.82. The molecule has 0 radical (unpaired) electrons. The van der Waals surface area contributed by atoms with Gasteiger partial charge in [-0.3, -0.25) is 4.79 Å². The van der Waals surface area contributed by atoms with E-state index in [1.165, 1.54) is 16.4 Å². The summed E-state index contributed by atoms with van der Waals surface area (Å²) in [6, 6.07) is 10.1. The minimum absolute atomic E-state index is 0.0185. The summed E-state index contributed by atoms with van der Waals surface area (Å²) in [5.41, 5.74) is 0.471. The number of carbonyl (C=O) groups excluding carboxylic acids is 1. The molecule has 2 aliphatic rings. The van der Waals surface area contributed by atoms with Crippen molar-refractivity contribution in [3.05, 3.63) is 53.2 Å². The van der Waals surface area contributed by atoms with E-state index in [2.05, 4.69) is 10.1 Å². The number of carbonyl (C=O) groups is 1. The van der Waals surface area contributed by atoms with E-state index in [1.54, 1.807) is 28.4 Å². The van der Waals surface area contributed by atoms with E-state index in [1.807, 2.05) is 17.5 Å². The molecule has 8 nitrogen and oxygen atoms in total. The van der Waals surface area contributed by atoms with Crippen molar-refractivity contribution in [1.29, 1.82) is 0 Å². The van der Waals surface area contributed by atoms with Gasteiger partial charge in [0.05, 0.1) is 15.7 Å². The normalized spacial score (nSPS) is 17.9. The molecule has 0 N–H and O–H groups in total. The standard InChI is InChI=1S/C20H20N4O4S2/c25-20(14-5-7-16(8-6-14)30(26,27)24-9-1-2-10-24)23-12-15(13-23)19-21-18(22-28-19)17-4-3-11-29-17/h3-8,11,15H,1-2,9-10,12-13H2. The Morgan fingerprint density at radius 2 is 1.83 bits per heavy atom. The summed E-state index contributed by atoms with van der Waals surface area (Å²) in [5, 5.41) is 5.97. The molecule has 0 unspecified atom stereocenters. The van der Waals surface area contributed by atoms with Crippen LogP contribution in [0.15, 0.2) is 51.2 Å². The van der Waals surface area contributed by atoms with E-state index >= 15 is 0 Å². The third-order valence-corrected chi connectivity index (χ3v) is 8.28. The zero-order chi connectivity index (χ0) is 20.7. The van der Waals surface area contributed by atoms with Gasteiger partial charge in [0.15, 0.2) is 0 Å². The molecule has 10 heteroatoms. The van der Waals surface area contributed by atoms with Crippen molar-refractivity contribution < 1.29 is 17.7 Å². The largest absolute Gasteiger partial charge is 0.339 e. The van der Waals surface area contributed by atoms with Crippen LogP contribution in [0, 0.1) is 0 Å². The molecule has 1 aromatic carbocycles. The summed E-state index contributed by atoms with van der Waals surface area (Å²) in [7, 11) is -3.47. The lowest BCUT2D eigenvalue weighted by Gasteiger charge is -2.37. The fourth-order valence-corrected chi connectivity index (χ4v) is 5.90. The first-order chi connectivity index (χ1) is 14.5. The van der Waals surface area contributed by atoms with Gasteiger partial charge in [-0.05, 0) is 48.6 Å². The minimum Gasteiger partial charge on any atom is -0.339 e. The Labute approximate surface area is 178 Å². The van der Waals surface area contributed by atoms with E-state index in [-0.39, 0.29) is 16.7 Å².